The van der Waals surface area contributed by atoms with Crippen LogP contribution in [0.3, 0.4) is 0 Å². The minimum atomic E-state index is -0.501. The first-order valence-corrected chi connectivity index (χ1v) is 5.18. The number of ether oxygens (including phenoxy) is 1. The summed E-state index contributed by atoms with van der Waals surface area (Å²) in [7, 11) is 0. The van der Waals surface area contributed by atoms with E-state index in [-0.39, 0.29) is 5.76 Å². The van der Waals surface area contributed by atoms with E-state index in [0.717, 1.165) is 29.7 Å². The lowest BCUT2D eigenvalue weighted by atomic mass is 10.1. The molecule has 0 amide bonds. The summed E-state index contributed by atoms with van der Waals surface area (Å²) >= 11 is 0. The maximum atomic E-state index is 9.44. The molecule has 1 N–H and O–H groups in total. The molecular weight excluding hydrogens is 188 g/mol. The number of benzene rings is 1. The minimum Gasteiger partial charge on any atom is -0.509 e. The van der Waals surface area contributed by atoms with Crippen molar-refractivity contribution in [1.82, 2.24) is 0 Å². The Morgan fingerprint density at radius 2 is 2.07 bits per heavy atom. The molecule has 0 spiro atoms. The third-order valence-corrected chi connectivity index (χ3v) is 2.88. The standard InChI is InChI=1S/C13H16O2/c1-9-4-5-10(2)12(8-9)15-13(6-7-13)11(3)14/h4-5,8,14H,3,6-7H2,1-2H3. The molecule has 1 fully saturated rings. The lowest BCUT2D eigenvalue weighted by Gasteiger charge is -2.18. The average Bonchev–Trinajstić information content (AvgIpc) is 2.92. The first kappa shape index (κ1) is 10.1. The van der Waals surface area contributed by atoms with Crippen molar-refractivity contribution >= 4 is 0 Å². The van der Waals surface area contributed by atoms with Gasteiger partial charge in [-0.2, -0.15) is 0 Å². The van der Waals surface area contributed by atoms with Crippen LogP contribution in [0.2, 0.25) is 0 Å². The van der Waals surface area contributed by atoms with Crippen molar-refractivity contribution in [3.05, 3.63) is 41.7 Å². The maximum Gasteiger partial charge on any atom is 0.165 e. The number of aryl methyl sites for hydroxylation is 2. The highest BCUT2D eigenvalue weighted by molar-refractivity contribution is 5.38. The monoisotopic (exact) mass is 204 g/mol. The molecule has 0 unspecified atom stereocenters. The van der Waals surface area contributed by atoms with Gasteiger partial charge in [-0.25, -0.2) is 0 Å². The fourth-order valence-corrected chi connectivity index (χ4v) is 1.59. The van der Waals surface area contributed by atoms with Crippen LogP contribution in [0.15, 0.2) is 30.5 Å². The summed E-state index contributed by atoms with van der Waals surface area (Å²) in [5, 5.41) is 9.44. The molecule has 15 heavy (non-hydrogen) atoms. The van der Waals surface area contributed by atoms with Crippen molar-refractivity contribution in [2.24, 2.45) is 0 Å². The second kappa shape index (κ2) is 3.30. The van der Waals surface area contributed by atoms with Gasteiger partial charge < -0.3 is 9.84 Å². The van der Waals surface area contributed by atoms with Gasteiger partial charge in [-0.3, -0.25) is 0 Å². The van der Waals surface area contributed by atoms with Gasteiger partial charge in [0.2, 0.25) is 0 Å². The van der Waals surface area contributed by atoms with Gasteiger partial charge >= 0.3 is 0 Å². The SMILES string of the molecule is C=C(O)C1(Oc2cc(C)ccc2C)CC1. The number of hydrogen-bond donors (Lipinski definition) is 1. The van der Waals surface area contributed by atoms with E-state index in [4.69, 9.17) is 4.74 Å². The Morgan fingerprint density at radius 1 is 1.40 bits per heavy atom. The molecule has 2 rings (SSSR count). The zero-order valence-corrected chi connectivity index (χ0v) is 9.21. The molecular formula is C13H16O2. The number of aliphatic hydroxyl groups is 1. The van der Waals surface area contributed by atoms with Gasteiger partial charge in [-0.15, -0.1) is 0 Å². The maximum absolute atomic E-state index is 9.44. The molecule has 0 saturated heterocycles. The Kier molecular flexibility index (Phi) is 2.22. The second-order valence-electron chi connectivity index (χ2n) is 4.31. The van der Waals surface area contributed by atoms with E-state index in [1.165, 1.54) is 0 Å². The lowest BCUT2D eigenvalue weighted by Crippen LogP contribution is -2.20. The van der Waals surface area contributed by atoms with Gasteiger partial charge in [0.15, 0.2) is 5.60 Å². The molecule has 80 valence electrons. The summed E-state index contributed by atoms with van der Waals surface area (Å²) in [5.41, 5.74) is 1.75. The first-order chi connectivity index (χ1) is 7.03. The van der Waals surface area contributed by atoms with Crippen LogP contribution < -0.4 is 4.74 Å². The summed E-state index contributed by atoms with van der Waals surface area (Å²) < 4.78 is 5.84. The molecule has 0 radical (unpaired) electrons. The number of aliphatic hydroxyl groups excluding tert-OH is 1. The van der Waals surface area contributed by atoms with Crippen molar-refractivity contribution in [1.29, 1.82) is 0 Å². The Morgan fingerprint density at radius 3 is 2.60 bits per heavy atom. The van der Waals surface area contributed by atoms with Crippen molar-refractivity contribution in [3.63, 3.8) is 0 Å². The van der Waals surface area contributed by atoms with Crippen LogP contribution in [0.25, 0.3) is 0 Å². The number of rotatable bonds is 3. The van der Waals surface area contributed by atoms with Crippen LogP contribution in [0.1, 0.15) is 24.0 Å². The molecule has 1 aromatic rings. The summed E-state index contributed by atoms with van der Waals surface area (Å²) in [6, 6.07) is 6.08. The molecule has 0 heterocycles. The van der Waals surface area contributed by atoms with Crippen LogP contribution in [0.5, 0.6) is 5.75 Å². The second-order valence-corrected chi connectivity index (χ2v) is 4.31. The van der Waals surface area contributed by atoms with E-state index < -0.39 is 5.60 Å². The van der Waals surface area contributed by atoms with E-state index >= 15 is 0 Å². The Labute approximate surface area is 90.2 Å². The quantitative estimate of drug-likeness (QED) is 0.765. The normalized spacial score (nSPS) is 17.2. The molecule has 1 aliphatic carbocycles. The Bertz CT molecular complexity index is 403. The zero-order valence-electron chi connectivity index (χ0n) is 9.21. The van der Waals surface area contributed by atoms with Gasteiger partial charge in [0, 0.05) is 0 Å². The third-order valence-electron chi connectivity index (χ3n) is 2.88. The fourth-order valence-electron chi connectivity index (χ4n) is 1.59. The summed E-state index contributed by atoms with van der Waals surface area (Å²) in [6.45, 7) is 7.60. The van der Waals surface area contributed by atoms with E-state index in [2.05, 4.69) is 12.6 Å². The molecule has 0 bridgehead atoms. The van der Waals surface area contributed by atoms with Crippen molar-refractivity contribution in [3.8, 4) is 5.75 Å². The molecule has 0 aliphatic heterocycles. The van der Waals surface area contributed by atoms with Crippen LogP contribution >= 0.6 is 0 Å². The van der Waals surface area contributed by atoms with Crippen LogP contribution in [0.4, 0.5) is 0 Å². The largest absolute Gasteiger partial charge is 0.509 e. The zero-order chi connectivity index (χ0) is 11.1. The van der Waals surface area contributed by atoms with Crippen LogP contribution in [-0.4, -0.2) is 10.7 Å². The van der Waals surface area contributed by atoms with Gasteiger partial charge in [0.25, 0.3) is 0 Å². The highest BCUT2D eigenvalue weighted by Gasteiger charge is 2.49. The molecule has 2 heteroatoms. The average molecular weight is 204 g/mol. The predicted molar refractivity (Wildman–Crippen MR) is 60.3 cm³/mol. The molecule has 1 aromatic carbocycles. The Balaban J connectivity index is 2.24. The minimum absolute atomic E-state index is 0.142. The summed E-state index contributed by atoms with van der Waals surface area (Å²) in [6.07, 6.45) is 1.71. The van der Waals surface area contributed by atoms with Gasteiger partial charge in [-0.05, 0) is 43.9 Å². The van der Waals surface area contributed by atoms with Crippen molar-refractivity contribution < 1.29 is 9.84 Å². The van der Waals surface area contributed by atoms with Crippen molar-refractivity contribution in [2.75, 3.05) is 0 Å². The van der Waals surface area contributed by atoms with Gasteiger partial charge in [-0.1, -0.05) is 18.7 Å². The van der Waals surface area contributed by atoms with E-state index in [1.807, 2.05) is 26.0 Å². The van der Waals surface area contributed by atoms with E-state index in [0.29, 0.717) is 0 Å². The van der Waals surface area contributed by atoms with Crippen LogP contribution in [-0.2, 0) is 0 Å². The highest BCUT2D eigenvalue weighted by atomic mass is 16.5. The molecule has 2 nitrogen and oxygen atoms in total. The lowest BCUT2D eigenvalue weighted by molar-refractivity contribution is 0.156. The highest BCUT2D eigenvalue weighted by Crippen LogP contribution is 2.45. The van der Waals surface area contributed by atoms with E-state index in [1.54, 1.807) is 0 Å². The molecule has 1 aliphatic rings. The summed E-state index contributed by atoms with van der Waals surface area (Å²) in [5.74, 6) is 0.992. The van der Waals surface area contributed by atoms with Gasteiger partial charge in [0.05, 0.1) is 0 Å². The molecule has 0 atom stereocenters. The molecule has 1 saturated carbocycles. The van der Waals surface area contributed by atoms with Gasteiger partial charge in [0.1, 0.15) is 11.5 Å². The fraction of sp³-hybridized carbons (Fsp3) is 0.385. The third kappa shape index (κ3) is 1.84. The topological polar surface area (TPSA) is 29.5 Å². The molecule has 0 aromatic heterocycles. The smallest absolute Gasteiger partial charge is 0.165 e. The summed E-state index contributed by atoms with van der Waals surface area (Å²) in [4.78, 5) is 0. The van der Waals surface area contributed by atoms with Crippen molar-refractivity contribution in [2.45, 2.75) is 32.3 Å². The first-order valence-electron chi connectivity index (χ1n) is 5.18. The predicted octanol–water partition coefficient (Wildman–Crippen LogP) is 3.29. The number of hydrogen-bond acceptors (Lipinski definition) is 2. The Hall–Kier alpha value is -1.44. The van der Waals surface area contributed by atoms with E-state index in [9.17, 15) is 5.11 Å². The van der Waals surface area contributed by atoms with Crippen LogP contribution in [0, 0.1) is 13.8 Å².